The fourth-order valence-electron chi connectivity index (χ4n) is 3.30. The Morgan fingerprint density at radius 2 is 1.75 bits per heavy atom. The third-order valence-corrected chi connectivity index (χ3v) is 5.56. The molecular formula is C21H27F6N7O2. The molecule has 2 N–H and O–H groups in total. The third-order valence-electron chi connectivity index (χ3n) is 5.56. The molecule has 1 saturated heterocycles. The maximum absolute atomic E-state index is 13.0. The van der Waals surface area contributed by atoms with E-state index in [0.717, 1.165) is 6.92 Å². The predicted octanol–water partition coefficient (Wildman–Crippen LogP) is 3.28. The minimum absolute atomic E-state index is 0.0146. The van der Waals surface area contributed by atoms with Gasteiger partial charge in [0.25, 0.3) is 5.56 Å². The minimum Gasteiger partial charge on any atom is -0.369 e. The molecule has 0 atom stereocenters. The van der Waals surface area contributed by atoms with Crippen molar-refractivity contribution in [3.8, 4) is 0 Å². The van der Waals surface area contributed by atoms with Crippen LogP contribution in [0.5, 0.6) is 0 Å². The molecule has 0 spiro atoms. The number of amides is 1. The molecule has 0 aliphatic carbocycles. The third kappa shape index (κ3) is 7.55. The Morgan fingerprint density at radius 1 is 1.17 bits per heavy atom. The first-order valence-corrected chi connectivity index (χ1v) is 10.8. The van der Waals surface area contributed by atoms with Crippen molar-refractivity contribution in [2.24, 2.45) is 15.4 Å². The summed E-state index contributed by atoms with van der Waals surface area (Å²) in [6, 6.07) is 0.602. The Bertz CT molecular complexity index is 1070. The van der Waals surface area contributed by atoms with Gasteiger partial charge in [0, 0.05) is 56.0 Å². The van der Waals surface area contributed by atoms with E-state index in [4.69, 9.17) is 0 Å². The number of guanidine groups is 1. The van der Waals surface area contributed by atoms with Gasteiger partial charge in [-0.05, 0) is 20.1 Å². The van der Waals surface area contributed by atoms with Gasteiger partial charge in [0.05, 0.1) is 0 Å². The van der Waals surface area contributed by atoms with Crippen LogP contribution in [0.4, 0.5) is 32.2 Å². The highest BCUT2D eigenvalue weighted by Gasteiger charge is 2.36. The van der Waals surface area contributed by atoms with Crippen molar-refractivity contribution in [3.05, 3.63) is 33.8 Å². The number of carbonyl (C=O) groups excluding carboxylic acids is 1. The molecule has 2 rings (SSSR count). The normalized spacial score (nSPS) is 16.2. The first-order chi connectivity index (χ1) is 16.6. The van der Waals surface area contributed by atoms with E-state index in [9.17, 15) is 35.9 Å². The van der Waals surface area contributed by atoms with Crippen molar-refractivity contribution < 1.29 is 31.1 Å². The number of halogens is 6. The number of aromatic amines is 1. The molecule has 0 aromatic carbocycles. The van der Waals surface area contributed by atoms with Crippen molar-refractivity contribution in [1.29, 1.82) is 0 Å². The number of hydrogen-bond donors (Lipinski definition) is 2. The van der Waals surface area contributed by atoms with E-state index in [0.29, 0.717) is 12.3 Å². The summed E-state index contributed by atoms with van der Waals surface area (Å²) in [4.78, 5) is 35.0. The number of anilines is 1. The van der Waals surface area contributed by atoms with E-state index in [1.165, 1.54) is 0 Å². The average molecular weight is 523 g/mol. The quantitative estimate of drug-likeness (QED) is 0.338. The molecule has 1 amide bonds. The van der Waals surface area contributed by atoms with Gasteiger partial charge in [0.2, 0.25) is 11.9 Å². The number of alkyl halides is 6. The van der Waals surface area contributed by atoms with E-state index in [1.807, 2.05) is 0 Å². The Labute approximate surface area is 203 Å². The van der Waals surface area contributed by atoms with Crippen LogP contribution >= 0.6 is 0 Å². The predicted molar refractivity (Wildman–Crippen MR) is 122 cm³/mol. The standard InChI is InChI=1S/C21H27F6N7O2/c1-13(20(22,23)24)12-30-18(28-4)34-9-7-33(8-10-34)17(36)19(2,3)5-6-29-15-11-14(21(25,26)27)16(35)32-31-15/h11-12H,4-10H2,1-3H3,(H,29,31)(H,32,35)/b13-12+,30-18+. The SMILES string of the molecule is C=N/C(=N\C=C(/C)C(F)(F)F)N1CCN(C(=O)C(C)(C)CCNc2cc(C(F)(F)F)c(=O)[nH]n2)CC1. The van der Waals surface area contributed by atoms with Gasteiger partial charge >= 0.3 is 12.4 Å². The van der Waals surface area contributed by atoms with E-state index >= 15 is 0 Å². The molecule has 0 saturated carbocycles. The van der Waals surface area contributed by atoms with Gasteiger partial charge in [-0.2, -0.15) is 31.4 Å². The molecule has 15 heteroatoms. The molecule has 36 heavy (non-hydrogen) atoms. The van der Waals surface area contributed by atoms with Crippen LogP contribution in [0, 0.1) is 5.41 Å². The number of rotatable bonds is 6. The lowest BCUT2D eigenvalue weighted by Crippen LogP contribution is -2.53. The zero-order valence-corrected chi connectivity index (χ0v) is 19.9. The second-order valence-electron chi connectivity index (χ2n) is 8.73. The molecule has 1 aliphatic heterocycles. The van der Waals surface area contributed by atoms with Gasteiger partial charge in [-0.15, -0.1) is 0 Å². The summed E-state index contributed by atoms with van der Waals surface area (Å²) in [5.41, 5.74) is -4.51. The van der Waals surface area contributed by atoms with Gasteiger partial charge in [0.1, 0.15) is 11.4 Å². The van der Waals surface area contributed by atoms with Crippen LogP contribution in [0.3, 0.4) is 0 Å². The maximum Gasteiger partial charge on any atom is 0.421 e. The van der Waals surface area contributed by atoms with Crippen LogP contribution < -0.4 is 10.9 Å². The molecule has 1 aliphatic rings. The van der Waals surface area contributed by atoms with Gasteiger partial charge in [-0.25, -0.2) is 15.1 Å². The lowest BCUT2D eigenvalue weighted by Gasteiger charge is -2.39. The number of nitrogens with zero attached hydrogens (tertiary/aromatic N) is 5. The van der Waals surface area contributed by atoms with E-state index in [2.05, 4.69) is 27.1 Å². The Hall–Kier alpha value is -3.39. The second-order valence-corrected chi connectivity index (χ2v) is 8.73. The highest BCUT2D eigenvalue weighted by Crippen LogP contribution is 2.28. The smallest absolute Gasteiger partial charge is 0.369 e. The Kier molecular flexibility index (Phi) is 8.91. The molecule has 0 radical (unpaired) electrons. The summed E-state index contributed by atoms with van der Waals surface area (Å²) < 4.78 is 76.6. The van der Waals surface area contributed by atoms with E-state index in [-0.39, 0.29) is 56.8 Å². The molecule has 0 unspecified atom stereocenters. The van der Waals surface area contributed by atoms with Gasteiger partial charge in [0.15, 0.2) is 0 Å². The van der Waals surface area contributed by atoms with Crippen LogP contribution in [-0.4, -0.2) is 77.5 Å². The molecule has 1 fully saturated rings. The van der Waals surface area contributed by atoms with Crippen molar-refractivity contribution in [2.45, 2.75) is 39.5 Å². The molecule has 9 nitrogen and oxygen atoms in total. The number of allylic oxidation sites excluding steroid dienone is 1. The second kappa shape index (κ2) is 11.1. The van der Waals surface area contributed by atoms with Crippen LogP contribution in [0.1, 0.15) is 32.8 Å². The highest BCUT2D eigenvalue weighted by atomic mass is 19.4. The van der Waals surface area contributed by atoms with E-state index < -0.39 is 34.5 Å². The lowest BCUT2D eigenvalue weighted by molar-refractivity contribution is -0.142. The number of nitrogens with one attached hydrogen (secondary N) is 2. The summed E-state index contributed by atoms with van der Waals surface area (Å²) in [5.74, 6) is -0.370. The fraction of sp³-hybridized carbons (Fsp3) is 0.571. The van der Waals surface area contributed by atoms with Crippen LogP contribution in [0.2, 0.25) is 0 Å². The maximum atomic E-state index is 13.0. The molecule has 2 heterocycles. The first kappa shape index (κ1) is 28.8. The first-order valence-electron chi connectivity index (χ1n) is 10.8. The van der Waals surface area contributed by atoms with Crippen LogP contribution in [-0.2, 0) is 11.0 Å². The van der Waals surface area contributed by atoms with Crippen molar-refractivity contribution in [2.75, 3.05) is 38.0 Å². The Morgan fingerprint density at radius 3 is 2.28 bits per heavy atom. The summed E-state index contributed by atoms with van der Waals surface area (Å²) >= 11 is 0. The summed E-state index contributed by atoms with van der Waals surface area (Å²) in [6.45, 7) is 8.80. The fourth-order valence-corrected chi connectivity index (χ4v) is 3.30. The molecular weight excluding hydrogens is 496 g/mol. The molecule has 200 valence electrons. The lowest BCUT2D eigenvalue weighted by atomic mass is 9.87. The van der Waals surface area contributed by atoms with Crippen molar-refractivity contribution in [1.82, 2.24) is 20.0 Å². The highest BCUT2D eigenvalue weighted by molar-refractivity contribution is 5.85. The summed E-state index contributed by atoms with van der Waals surface area (Å²) in [6.07, 6.45) is -8.41. The van der Waals surface area contributed by atoms with Crippen molar-refractivity contribution in [3.63, 3.8) is 0 Å². The molecule has 0 bridgehead atoms. The molecule has 1 aromatic heterocycles. The summed E-state index contributed by atoms with van der Waals surface area (Å²) in [7, 11) is 0. The van der Waals surface area contributed by atoms with Gasteiger partial charge in [-0.1, -0.05) is 13.8 Å². The molecule has 1 aromatic rings. The topological polar surface area (TPSA) is 106 Å². The number of carbonyl (C=O) groups is 1. The number of H-pyrrole nitrogens is 1. The number of piperazine rings is 1. The zero-order valence-electron chi connectivity index (χ0n) is 19.9. The number of aliphatic imine (C=N–C) groups is 2. The van der Waals surface area contributed by atoms with E-state index in [1.54, 1.807) is 28.7 Å². The Balaban J connectivity index is 1.95. The van der Waals surface area contributed by atoms with Crippen LogP contribution in [0.15, 0.2) is 32.6 Å². The average Bonchev–Trinajstić information content (AvgIpc) is 2.79. The zero-order chi connectivity index (χ0) is 27.3. The summed E-state index contributed by atoms with van der Waals surface area (Å²) in [5, 5.41) is 8.01. The largest absolute Gasteiger partial charge is 0.421 e. The monoisotopic (exact) mass is 523 g/mol. The van der Waals surface area contributed by atoms with Gasteiger partial charge in [-0.3, -0.25) is 9.59 Å². The van der Waals surface area contributed by atoms with Crippen molar-refractivity contribution >= 4 is 24.4 Å². The minimum atomic E-state index is -4.83. The number of aromatic nitrogens is 2. The van der Waals surface area contributed by atoms with Crippen LogP contribution in [0.25, 0.3) is 0 Å². The van der Waals surface area contributed by atoms with Gasteiger partial charge < -0.3 is 15.1 Å². The number of hydrogen-bond acceptors (Lipinski definition) is 5.